The molecule has 0 fully saturated rings. The van der Waals surface area contributed by atoms with E-state index in [-0.39, 0.29) is 37.0 Å². The second-order valence-electron chi connectivity index (χ2n) is 21.6. The summed E-state index contributed by atoms with van der Waals surface area (Å²) in [5, 5.41) is 33.0. The minimum absolute atomic E-state index is 0. The zero-order chi connectivity index (χ0) is 49.4. The molecule has 2 nitrogen and oxygen atoms in total. The van der Waals surface area contributed by atoms with Crippen molar-refractivity contribution >= 4 is 61.5 Å². The number of aryl methyl sites for hydroxylation is 4. The number of fused-ring (bicyclic) bond motifs is 4. The van der Waals surface area contributed by atoms with Gasteiger partial charge in [-0.2, -0.15) is 0 Å². The molecule has 10 rings (SSSR count). The molecule has 0 aliphatic heterocycles. The monoisotopic (exact) mass is 1010 g/mol. The molecule has 2 N–H and O–H groups in total. The van der Waals surface area contributed by atoms with Gasteiger partial charge in [-0.1, -0.05) is 235 Å². The van der Waals surface area contributed by atoms with Crippen molar-refractivity contribution in [1.29, 1.82) is 0 Å². The van der Waals surface area contributed by atoms with Crippen LogP contribution in [0.1, 0.15) is 88.8 Å². The Bertz CT molecular complexity index is 3230. The fraction of sp³-hybridized carbons (Fsp3) is 0.242. The fourth-order valence-corrected chi connectivity index (χ4v) is 14.3. The van der Waals surface area contributed by atoms with E-state index in [1.165, 1.54) is 87.6 Å². The topological polar surface area (TPSA) is 40.5 Å². The maximum absolute atomic E-state index is 9.57. The van der Waals surface area contributed by atoms with Gasteiger partial charge in [0.05, 0.1) is 0 Å². The van der Waals surface area contributed by atoms with Gasteiger partial charge in [0.25, 0.3) is 0 Å². The Hall–Kier alpha value is -5.80. The van der Waals surface area contributed by atoms with Crippen LogP contribution in [0.5, 0.6) is 11.5 Å². The Kier molecular flexibility index (Phi) is 15.5. The minimum atomic E-state index is -2.36. The first-order valence-electron chi connectivity index (χ1n) is 24.8. The van der Waals surface area contributed by atoms with E-state index in [1.807, 2.05) is 38.1 Å². The second kappa shape index (κ2) is 20.9. The van der Waals surface area contributed by atoms with Crippen molar-refractivity contribution in [2.75, 3.05) is 0 Å². The van der Waals surface area contributed by atoms with Gasteiger partial charge < -0.3 is 10.2 Å². The summed E-state index contributed by atoms with van der Waals surface area (Å²) in [7, 11) is -2.36. The van der Waals surface area contributed by atoms with E-state index in [0.717, 1.165) is 24.0 Å². The molecule has 10 aromatic carbocycles. The molecule has 0 amide bonds. The molecule has 0 saturated carbocycles. The number of benzene rings is 8. The van der Waals surface area contributed by atoms with E-state index in [4.69, 9.17) is 0 Å². The van der Waals surface area contributed by atoms with Crippen molar-refractivity contribution in [3.8, 4) is 33.8 Å². The second-order valence-corrected chi connectivity index (χ2v) is 25.9. The Morgan fingerprint density at radius 1 is 0.443 bits per heavy atom. The van der Waals surface area contributed by atoms with Crippen molar-refractivity contribution in [3.05, 3.63) is 203 Å². The smallest absolute Gasteiger partial charge is 0.508 e. The third-order valence-electron chi connectivity index (χ3n) is 14.0. The van der Waals surface area contributed by atoms with Crippen LogP contribution < -0.4 is 10.4 Å². The van der Waals surface area contributed by atoms with Gasteiger partial charge in [-0.25, -0.2) is 0 Å². The van der Waals surface area contributed by atoms with E-state index >= 15 is 0 Å². The SMILES string of the molecule is CCc1cc(-c2[cH-]c3ccccc3c2[Si](C)(C)c2c(-c3cc(CC)cc4ccccc34)[cH-]c3ccccc23)c2ccccc2c1.Cc1ccc(O)c(C(C)(C)C)c1.Cc1ccc(O)c(C(C)(C)C)c1.[Zr+2]. The molecule has 0 radical (unpaired) electrons. The summed E-state index contributed by atoms with van der Waals surface area (Å²) >= 11 is 0. The van der Waals surface area contributed by atoms with Crippen LogP contribution in [0.25, 0.3) is 65.3 Å². The first-order chi connectivity index (χ1) is 32.8. The van der Waals surface area contributed by atoms with Crippen LogP contribution >= 0.6 is 0 Å². The van der Waals surface area contributed by atoms with E-state index < -0.39 is 8.07 Å². The standard InChI is InChI=1S/C44H38Si.2C11H16O.Zr/c1-5-29-23-31-15-7-11-19-35(31)39(25-29)41-27-33-17-9-13-21-37(33)43(41)45(3,4)44-38-22-14-10-18-34(38)28-42(44)40-26-30(6-2)24-32-16-8-12-20-36(32)40;2*1-8-5-6-10(12)9(7-8)11(2,3)4;/h7-28H,5-6H2,1-4H3;2*5-7,12H,1-4H3;/q-2;;;+2. The summed E-state index contributed by atoms with van der Waals surface area (Å²) in [5.74, 6) is 0.793. The van der Waals surface area contributed by atoms with Crippen LogP contribution in [0.4, 0.5) is 0 Å². The van der Waals surface area contributed by atoms with Gasteiger partial charge in [0, 0.05) is 8.07 Å². The van der Waals surface area contributed by atoms with Crippen molar-refractivity contribution in [2.45, 2.75) is 106 Å². The molecule has 0 aliphatic rings. The van der Waals surface area contributed by atoms with Gasteiger partial charge in [0.2, 0.25) is 0 Å². The Labute approximate surface area is 437 Å². The average Bonchev–Trinajstić information content (AvgIpc) is 3.93. The van der Waals surface area contributed by atoms with Crippen LogP contribution in [0.15, 0.2) is 170 Å². The van der Waals surface area contributed by atoms with E-state index in [2.05, 4.69) is 202 Å². The van der Waals surface area contributed by atoms with Crippen LogP contribution in [0.3, 0.4) is 0 Å². The molecule has 0 aromatic heterocycles. The Balaban J connectivity index is 0.000000237. The number of rotatable bonds is 6. The predicted octanol–water partition coefficient (Wildman–Crippen LogP) is 17.0. The summed E-state index contributed by atoms with van der Waals surface area (Å²) < 4.78 is 0. The molecule has 70 heavy (non-hydrogen) atoms. The summed E-state index contributed by atoms with van der Waals surface area (Å²) in [6.45, 7) is 26.4. The average molecular weight is 1010 g/mol. The van der Waals surface area contributed by atoms with Crippen molar-refractivity contribution in [2.24, 2.45) is 0 Å². The minimum Gasteiger partial charge on any atom is -0.508 e. The number of phenols is 2. The van der Waals surface area contributed by atoms with Crippen molar-refractivity contribution in [1.82, 2.24) is 0 Å². The van der Waals surface area contributed by atoms with Crippen LogP contribution in [0, 0.1) is 13.8 Å². The molecule has 0 saturated heterocycles. The maximum Gasteiger partial charge on any atom is 2.00 e. The van der Waals surface area contributed by atoms with E-state index in [0.29, 0.717) is 11.5 Å². The Morgan fingerprint density at radius 2 is 0.786 bits per heavy atom. The predicted molar refractivity (Wildman–Crippen MR) is 304 cm³/mol. The third kappa shape index (κ3) is 10.6. The van der Waals surface area contributed by atoms with Gasteiger partial charge in [0.15, 0.2) is 0 Å². The van der Waals surface area contributed by atoms with Crippen LogP contribution in [-0.2, 0) is 49.9 Å². The van der Waals surface area contributed by atoms with Gasteiger partial charge in [-0.05, 0) is 82.3 Å². The van der Waals surface area contributed by atoms with Crippen molar-refractivity contribution < 1.29 is 36.4 Å². The summed E-state index contributed by atoms with van der Waals surface area (Å²) in [4.78, 5) is 0. The fourth-order valence-electron chi connectivity index (χ4n) is 10.4. The van der Waals surface area contributed by atoms with E-state index in [9.17, 15) is 10.2 Å². The zero-order valence-electron chi connectivity index (χ0n) is 43.5. The number of aromatic hydroxyl groups is 2. The Morgan fingerprint density at radius 3 is 1.13 bits per heavy atom. The number of hydrogen-bond donors (Lipinski definition) is 2. The molecule has 0 spiro atoms. The number of hydrogen-bond acceptors (Lipinski definition) is 2. The zero-order valence-corrected chi connectivity index (χ0v) is 46.9. The molecule has 0 atom stereocenters. The first-order valence-corrected chi connectivity index (χ1v) is 27.8. The first kappa shape index (κ1) is 52.0. The van der Waals surface area contributed by atoms with Gasteiger partial charge >= 0.3 is 26.2 Å². The van der Waals surface area contributed by atoms with Crippen LogP contribution in [0.2, 0.25) is 13.1 Å². The largest absolute Gasteiger partial charge is 2.00 e. The molecular weight excluding hydrogens is 944 g/mol. The normalized spacial score (nSPS) is 11.8. The van der Waals surface area contributed by atoms with Crippen LogP contribution in [-0.4, -0.2) is 18.3 Å². The third-order valence-corrected chi connectivity index (χ3v) is 17.6. The summed E-state index contributed by atoms with van der Waals surface area (Å²) in [5.41, 5.74) is 12.8. The molecule has 0 aliphatic carbocycles. The van der Waals surface area contributed by atoms with Gasteiger partial charge in [-0.3, -0.25) is 0 Å². The molecule has 4 heteroatoms. The molecule has 10 aromatic rings. The summed E-state index contributed by atoms with van der Waals surface area (Å²) in [6.07, 6.45) is 2.04. The quantitative estimate of drug-likeness (QED) is 0.129. The molecular formula is C66H70O2SiZr. The van der Waals surface area contributed by atoms with Gasteiger partial charge in [0.1, 0.15) is 11.5 Å². The molecule has 0 bridgehead atoms. The van der Waals surface area contributed by atoms with Gasteiger partial charge in [-0.15, -0.1) is 67.3 Å². The molecule has 0 heterocycles. The number of phenolic OH excluding ortho intramolecular Hbond substituents is 2. The maximum atomic E-state index is 9.57. The van der Waals surface area contributed by atoms with E-state index in [1.54, 1.807) is 22.5 Å². The van der Waals surface area contributed by atoms with Crippen molar-refractivity contribution in [3.63, 3.8) is 0 Å². The molecule has 0 unspecified atom stereocenters. The molecule has 354 valence electrons. The summed E-state index contributed by atoms with van der Waals surface area (Å²) in [6, 6.07) is 62.2.